The second-order valence-electron chi connectivity index (χ2n) is 8.55. The highest BCUT2D eigenvalue weighted by atomic mass is 16.3. The van der Waals surface area contributed by atoms with E-state index < -0.39 is 5.60 Å². The van der Waals surface area contributed by atoms with Crippen LogP contribution in [0.15, 0.2) is 85.6 Å². The molecule has 0 saturated carbocycles. The molecular formula is C29H28N4O. The minimum atomic E-state index is -1.39. The molecule has 0 bridgehead atoms. The molecule has 3 aromatic heterocycles. The number of aliphatic hydroxyl groups is 1. The van der Waals surface area contributed by atoms with E-state index in [-0.39, 0.29) is 0 Å². The summed E-state index contributed by atoms with van der Waals surface area (Å²) < 4.78 is 1.86. The number of aryl methyl sites for hydroxylation is 3. The number of aromatic nitrogens is 4. The first-order valence-corrected chi connectivity index (χ1v) is 11.7. The Kier molecular flexibility index (Phi) is 5.72. The Balaban J connectivity index is 1.82. The van der Waals surface area contributed by atoms with E-state index in [1.54, 1.807) is 24.9 Å². The number of rotatable bonds is 6. The lowest BCUT2D eigenvalue weighted by Crippen LogP contribution is -2.31. The quantitative estimate of drug-likeness (QED) is 0.376. The molecule has 5 nitrogen and oxygen atoms in total. The molecule has 0 aliphatic rings. The fraction of sp³-hybridized carbons (Fsp3) is 0.207. The maximum Gasteiger partial charge on any atom is 0.157 e. The van der Waals surface area contributed by atoms with Crippen LogP contribution in [0.25, 0.3) is 22.0 Å². The molecule has 5 heteroatoms. The normalized spacial score (nSPS) is 13.2. The minimum Gasteiger partial charge on any atom is -0.374 e. The molecular weight excluding hydrogens is 420 g/mol. The largest absolute Gasteiger partial charge is 0.374 e. The van der Waals surface area contributed by atoms with Gasteiger partial charge >= 0.3 is 0 Å². The summed E-state index contributed by atoms with van der Waals surface area (Å²) in [7, 11) is 1.90. The van der Waals surface area contributed by atoms with Gasteiger partial charge in [0, 0.05) is 36.1 Å². The van der Waals surface area contributed by atoms with E-state index in [0.717, 1.165) is 40.6 Å². The third-order valence-corrected chi connectivity index (χ3v) is 6.62. The van der Waals surface area contributed by atoms with E-state index in [4.69, 9.17) is 4.98 Å². The molecule has 1 unspecified atom stereocenters. The van der Waals surface area contributed by atoms with Crippen LogP contribution in [0, 0.1) is 0 Å². The van der Waals surface area contributed by atoms with Crippen LogP contribution in [0.3, 0.4) is 0 Å². The summed E-state index contributed by atoms with van der Waals surface area (Å²) in [4.78, 5) is 13.5. The third kappa shape index (κ3) is 3.49. The zero-order valence-corrected chi connectivity index (χ0v) is 19.7. The lowest BCUT2D eigenvalue weighted by atomic mass is 9.82. The summed E-state index contributed by atoms with van der Waals surface area (Å²) in [5.74, 6) is 0. The Morgan fingerprint density at radius 1 is 0.882 bits per heavy atom. The van der Waals surface area contributed by atoms with Crippen molar-refractivity contribution in [2.24, 2.45) is 7.05 Å². The second-order valence-corrected chi connectivity index (χ2v) is 8.55. The third-order valence-electron chi connectivity index (χ3n) is 6.62. The number of benzene rings is 2. The Labute approximate surface area is 199 Å². The maximum atomic E-state index is 12.3. The molecule has 0 saturated heterocycles. The van der Waals surface area contributed by atoms with Gasteiger partial charge < -0.3 is 9.67 Å². The van der Waals surface area contributed by atoms with Crippen molar-refractivity contribution in [2.75, 3.05) is 0 Å². The first kappa shape index (κ1) is 22.0. The minimum absolute atomic E-state index is 0.692. The zero-order chi connectivity index (χ0) is 23.7. The lowest BCUT2D eigenvalue weighted by Gasteiger charge is -2.30. The highest BCUT2D eigenvalue weighted by Crippen LogP contribution is 2.39. The van der Waals surface area contributed by atoms with Gasteiger partial charge in [0.1, 0.15) is 0 Å². The van der Waals surface area contributed by atoms with E-state index in [1.807, 2.05) is 41.9 Å². The SMILES string of the molecule is CCc1nc2ccc(C(O)(c3ccncc3)c3cncn3C)cc2c(CC)c1-c1ccccc1. The van der Waals surface area contributed by atoms with E-state index >= 15 is 0 Å². The molecule has 1 atom stereocenters. The maximum absolute atomic E-state index is 12.3. The number of hydrogen-bond donors (Lipinski definition) is 1. The van der Waals surface area contributed by atoms with Gasteiger partial charge in [-0.3, -0.25) is 9.97 Å². The Bertz CT molecular complexity index is 1440. The molecule has 0 aliphatic carbocycles. The highest BCUT2D eigenvalue weighted by Gasteiger charge is 2.37. The van der Waals surface area contributed by atoms with Crippen molar-refractivity contribution in [2.45, 2.75) is 32.3 Å². The predicted molar refractivity (Wildman–Crippen MR) is 135 cm³/mol. The Morgan fingerprint density at radius 2 is 1.65 bits per heavy atom. The fourth-order valence-electron chi connectivity index (χ4n) is 4.94. The van der Waals surface area contributed by atoms with Crippen LogP contribution in [0.4, 0.5) is 0 Å². The van der Waals surface area contributed by atoms with Crippen molar-refractivity contribution in [1.29, 1.82) is 0 Å². The van der Waals surface area contributed by atoms with Gasteiger partial charge in [-0.05, 0) is 59.4 Å². The van der Waals surface area contributed by atoms with Crippen molar-refractivity contribution in [3.8, 4) is 11.1 Å². The second kappa shape index (κ2) is 8.84. The van der Waals surface area contributed by atoms with Crippen molar-refractivity contribution in [3.63, 3.8) is 0 Å². The smallest absolute Gasteiger partial charge is 0.157 e. The van der Waals surface area contributed by atoms with E-state index in [0.29, 0.717) is 5.69 Å². The average molecular weight is 449 g/mol. The van der Waals surface area contributed by atoms with Crippen molar-refractivity contribution in [1.82, 2.24) is 19.5 Å². The number of pyridine rings is 2. The monoisotopic (exact) mass is 448 g/mol. The predicted octanol–water partition coefficient (Wildman–Crippen LogP) is 5.44. The van der Waals surface area contributed by atoms with Gasteiger partial charge in [-0.1, -0.05) is 50.2 Å². The van der Waals surface area contributed by atoms with Crippen molar-refractivity contribution >= 4 is 10.9 Å². The molecule has 1 N–H and O–H groups in total. The van der Waals surface area contributed by atoms with E-state index in [2.05, 4.69) is 54.1 Å². The van der Waals surface area contributed by atoms with Gasteiger partial charge in [-0.25, -0.2) is 4.98 Å². The van der Waals surface area contributed by atoms with Gasteiger partial charge in [0.15, 0.2) is 5.60 Å². The summed E-state index contributed by atoms with van der Waals surface area (Å²) in [5.41, 5.74) is 6.48. The van der Waals surface area contributed by atoms with E-state index in [1.165, 1.54) is 16.7 Å². The number of nitrogens with zero attached hydrogens (tertiary/aromatic N) is 4. The summed E-state index contributed by atoms with van der Waals surface area (Å²) >= 11 is 0. The van der Waals surface area contributed by atoms with E-state index in [9.17, 15) is 5.11 Å². The molecule has 0 fully saturated rings. The highest BCUT2D eigenvalue weighted by molar-refractivity contribution is 5.91. The summed E-state index contributed by atoms with van der Waals surface area (Å²) in [6, 6.07) is 20.3. The van der Waals surface area contributed by atoms with Gasteiger partial charge in [-0.15, -0.1) is 0 Å². The van der Waals surface area contributed by atoms with Crippen LogP contribution in [-0.4, -0.2) is 24.6 Å². The van der Waals surface area contributed by atoms with Crippen LogP contribution in [0.2, 0.25) is 0 Å². The summed E-state index contributed by atoms with van der Waals surface area (Å²) in [6.45, 7) is 4.34. The standard InChI is InChI=1S/C29H28N4O/c1-4-23-24-17-22(29(34,21-13-15-30-16-14-21)27-18-31-19-33(27)3)11-12-26(24)32-25(5-2)28(23)20-9-7-6-8-10-20/h6-19,34H,4-5H2,1-3H3. The molecule has 0 aliphatic heterocycles. The number of hydrogen-bond acceptors (Lipinski definition) is 4. The number of fused-ring (bicyclic) bond motifs is 1. The molecule has 0 radical (unpaired) electrons. The molecule has 34 heavy (non-hydrogen) atoms. The number of imidazole rings is 1. The first-order valence-electron chi connectivity index (χ1n) is 11.7. The van der Waals surface area contributed by atoms with Gasteiger partial charge in [0.05, 0.1) is 23.7 Å². The van der Waals surface area contributed by atoms with Crippen LogP contribution in [-0.2, 0) is 25.5 Å². The van der Waals surface area contributed by atoms with Gasteiger partial charge in [0.25, 0.3) is 0 Å². The molecule has 3 heterocycles. The van der Waals surface area contributed by atoms with Crippen LogP contribution in [0.1, 0.15) is 41.9 Å². The fourth-order valence-corrected chi connectivity index (χ4v) is 4.94. The Morgan fingerprint density at radius 3 is 2.29 bits per heavy atom. The molecule has 0 spiro atoms. The topological polar surface area (TPSA) is 63.8 Å². The van der Waals surface area contributed by atoms with Crippen LogP contribution >= 0.6 is 0 Å². The zero-order valence-electron chi connectivity index (χ0n) is 19.7. The molecule has 0 amide bonds. The van der Waals surface area contributed by atoms with Crippen LogP contribution < -0.4 is 0 Å². The first-order chi connectivity index (χ1) is 16.6. The molecule has 170 valence electrons. The van der Waals surface area contributed by atoms with Crippen LogP contribution in [0.5, 0.6) is 0 Å². The van der Waals surface area contributed by atoms with Crippen molar-refractivity contribution < 1.29 is 5.11 Å². The van der Waals surface area contributed by atoms with Gasteiger partial charge in [0.2, 0.25) is 0 Å². The van der Waals surface area contributed by atoms with Crippen molar-refractivity contribution in [3.05, 3.63) is 114 Å². The average Bonchev–Trinajstić information content (AvgIpc) is 3.34. The van der Waals surface area contributed by atoms with Gasteiger partial charge in [-0.2, -0.15) is 0 Å². The lowest BCUT2D eigenvalue weighted by molar-refractivity contribution is 0.117. The summed E-state index contributed by atoms with van der Waals surface area (Å²) in [6.07, 6.45) is 8.56. The molecule has 5 aromatic rings. The Hall–Kier alpha value is -3.83. The molecule has 5 rings (SSSR count). The summed E-state index contributed by atoms with van der Waals surface area (Å²) in [5, 5.41) is 13.4. The molecule has 2 aromatic carbocycles.